The van der Waals surface area contributed by atoms with E-state index in [4.69, 9.17) is 43.4 Å². The van der Waals surface area contributed by atoms with Crippen LogP contribution >= 0.6 is 0 Å². The molecule has 0 atom stereocenters. The summed E-state index contributed by atoms with van der Waals surface area (Å²) in [7, 11) is 0. The van der Waals surface area contributed by atoms with Crippen molar-refractivity contribution in [1.29, 1.82) is 0 Å². The average Bonchev–Trinajstić information content (AvgIpc) is 3.20. The van der Waals surface area contributed by atoms with E-state index in [9.17, 15) is 14.4 Å². The molecule has 0 N–H and O–H groups in total. The maximum Gasteiger partial charge on any atom is 0.514 e. The van der Waals surface area contributed by atoms with E-state index in [0.29, 0.717) is 73.2 Å². The van der Waals surface area contributed by atoms with Gasteiger partial charge in [0.25, 0.3) is 0 Å². The van der Waals surface area contributed by atoms with Gasteiger partial charge in [0.2, 0.25) is 0 Å². The summed E-state index contributed by atoms with van der Waals surface area (Å²) in [6, 6.07) is 12.9. The molecule has 0 aliphatic carbocycles. The molecule has 0 aliphatic rings. The first kappa shape index (κ1) is 65.0. The maximum atomic E-state index is 13.3. The Morgan fingerprint density at radius 2 is 0.462 bits per heavy atom. The van der Waals surface area contributed by atoms with Crippen LogP contribution in [0.4, 0.5) is 14.4 Å². The number of carbonyl (C=O) groups is 3. The van der Waals surface area contributed by atoms with Crippen molar-refractivity contribution in [2.75, 3.05) is 0 Å². The van der Waals surface area contributed by atoms with E-state index in [1.165, 1.54) is 0 Å². The Hall–Kier alpha value is -5.52. The van der Waals surface area contributed by atoms with Gasteiger partial charge >= 0.3 is 18.5 Å². The molecule has 0 fully saturated rings. The van der Waals surface area contributed by atoms with Crippen LogP contribution in [0.15, 0.2) is 36.4 Å². The van der Waals surface area contributed by atoms with Crippen molar-refractivity contribution in [3.63, 3.8) is 0 Å². The Morgan fingerprint density at radius 3 is 0.603 bits per heavy atom. The number of rotatable bonds is 12. The maximum absolute atomic E-state index is 13.3. The average molecular weight is 1080 g/mol. The number of hydrogen-bond donors (Lipinski definition) is 0. The zero-order valence-electron chi connectivity index (χ0n) is 53.2. The van der Waals surface area contributed by atoms with Gasteiger partial charge in [0, 0.05) is 52.6 Å². The Morgan fingerprint density at radius 1 is 0.295 bits per heavy atom. The molecule has 0 bridgehead atoms. The lowest BCUT2D eigenvalue weighted by atomic mass is 9.78. The smallest absolute Gasteiger partial charge is 0.428 e. The minimum Gasteiger partial charge on any atom is -0.428 e. The van der Waals surface area contributed by atoms with Gasteiger partial charge in [-0.1, -0.05) is 161 Å². The lowest BCUT2D eigenvalue weighted by Crippen LogP contribution is -2.28. The molecular weight excluding hydrogens is 979 g/mol. The third-order valence-electron chi connectivity index (χ3n) is 12.7. The van der Waals surface area contributed by atoms with E-state index >= 15 is 0 Å². The highest BCUT2D eigenvalue weighted by atomic mass is 16.7. The molecule has 1 aromatic heterocycles. The van der Waals surface area contributed by atoms with Crippen LogP contribution in [-0.4, -0.2) is 50.2 Å². The molecule has 0 saturated carbocycles. The van der Waals surface area contributed by atoms with Crippen LogP contribution in [0, 0.1) is 0 Å². The number of carbonyl (C=O) groups excluding carboxylic acids is 3. The predicted octanol–water partition coefficient (Wildman–Crippen LogP) is 17.0. The Labute approximate surface area is 470 Å². The summed E-state index contributed by atoms with van der Waals surface area (Å²) >= 11 is 0. The summed E-state index contributed by atoms with van der Waals surface area (Å²) in [5, 5.41) is 0. The fraction of sp³-hybridized carbons (Fsp3) is 0.636. The molecule has 432 valence electrons. The summed E-state index contributed by atoms with van der Waals surface area (Å²) in [4.78, 5) is 55.3. The fourth-order valence-corrected chi connectivity index (χ4v) is 8.86. The van der Waals surface area contributed by atoms with E-state index in [1.807, 2.05) is 62.3 Å². The van der Waals surface area contributed by atoms with Gasteiger partial charge in [-0.2, -0.15) is 0 Å². The second-order valence-electron chi connectivity index (χ2n) is 30.3. The Balaban J connectivity index is 1.89. The molecule has 0 aliphatic heterocycles. The lowest BCUT2D eigenvalue weighted by Gasteiger charge is -2.30. The second kappa shape index (κ2) is 23.3. The van der Waals surface area contributed by atoms with Crippen LogP contribution in [0.5, 0.6) is 17.2 Å². The number of benzene rings is 3. The first-order valence-corrected chi connectivity index (χ1v) is 28.0. The first-order chi connectivity index (χ1) is 35.0. The van der Waals surface area contributed by atoms with Crippen molar-refractivity contribution in [2.45, 2.75) is 275 Å². The molecule has 78 heavy (non-hydrogen) atoms. The highest BCUT2D eigenvalue weighted by molar-refractivity contribution is 5.69. The molecule has 12 heteroatoms. The molecule has 1 heterocycles. The van der Waals surface area contributed by atoms with Crippen LogP contribution < -0.4 is 14.2 Å². The summed E-state index contributed by atoms with van der Waals surface area (Å²) in [5.74, 6) is 3.62. The summed E-state index contributed by atoms with van der Waals surface area (Å²) < 4.78 is 35.3. The minimum atomic E-state index is -0.736. The van der Waals surface area contributed by atoms with Crippen LogP contribution in [0.25, 0.3) is 0 Å². The minimum absolute atomic E-state index is 0.375. The molecule has 12 nitrogen and oxygen atoms in total. The van der Waals surface area contributed by atoms with Crippen molar-refractivity contribution in [3.05, 3.63) is 104 Å². The van der Waals surface area contributed by atoms with E-state index in [0.717, 1.165) is 50.1 Å². The van der Waals surface area contributed by atoms with Gasteiger partial charge in [-0.3, -0.25) is 0 Å². The van der Waals surface area contributed by atoms with Crippen LogP contribution in [-0.2, 0) is 85.2 Å². The Kier molecular flexibility index (Phi) is 19.4. The molecule has 0 saturated heterocycles. The highest BCUT2D eigenvalue weighted by Gasteiger charge is 2.35. The highest BCUT2D eigenvalue weighted by Crippen LogP contribution is 2.45. The van der Waals surface area contributed by atoms with Crippen molar-refractivity contribution in [1.82, 2.24) is 15.0 Å². The second-order valence-corrected chi connectivity index (χ2v) is 30.3. The van der Waals surface area contributed by atoms with Crippen LogP contribution in [0.2, 0.25) is 0 Å². The van der Waals surface area contributed by atoms with E-state index in [-0.39, 0.29) is 32.5 Å². The van der Waals surface area contributed by atoms with Crippen molar-refractivity contribution in [2.24, 2.45) is 0 Å². The third-order valence-corrected chi connectivity index (χ3v) is 12.7. The third kappa shape index (κ3) is 19.4. The Bertz CT molecular complexity index is 2380. The molecular formula is C66H99N3O9. The SMILES string of the molecule is CC(C)(C)OC(=O)Oc1c(C(C)(C)C)cc(CCc2nc(CCc3cc(C(C)(C)C)c(OC(=O)OC(C)(C)C)c(C(C)(C)C)c3)nc(CCc3cc(C(C)(C)C)c(OC(=O)OC(C)(C)C)c(C(C)(C)C)c3)n2)cc1C(C)(C)C. The quantitative estimate of drug-likeness (QED) is 0.0756. The molecule has 4 rings (SSSR count). The van der Waals surface area contributed by atoms with Crippen molar-refractivity contribution >= 4 is 18.5 Å². The molecule has 4 aromatic rings. The molecule has 3 aromatic carbocycles. The first-order valence-electron chi connectivity index (χ1n) is 28.0. The van der Waals surface area contributed by atoms with Gasteiger partial charge in [0.05, 0.1) is 0 Å². The normalized spacial score (nSPS) is 13.3. The topological polar surface area (TPSA) is 145 Å². The number of nitrogens with zero attached hydrogens (tertiary/aromatic N) is 3. The van der Waals surface area contributed by atoms with E-state index in [2.05, 4.69) is 161 Å². The number of aryl methyl sites for hydroxylation is 6. The van der Waals surface area contributed by atoms with E-state index < -0.39 is 35.3 Å². The van der Waals surface area contributed by atoms with Gasteiger partial charge in [0.15, 0.2) is 0 Å². The number of ether oxygens (including phenoxy) is 6. The largest absolute Gasteiger partial charge is 0.514 e. The van der Waals surface area contributed by atoms with Gasteiger partial charge < -0.3 is 28.4 Å². The monoisotopic (exact) mass is 1080 g/mol. The zero-order chi connectivity index (χ0) is 59.7. The standard InChI is InChI=1S/C66H99N3O9/c1-58(2,3)43-34-40(35-44(59(4,5)6)52(43)73-55(70)76-64(19,20)21)28-31-49-67-50(32-29-41-36-45(60(7,8)9)53(46(37-41)61(10,11)12)74-56(71)77-65(22,23)24)69-51(68-49)33-30-42-38-47(62(13,14)15)54(48(39-42)63(16,17)18)75-57(72)78-66(25,26)27/h34-39H,28-33H2,1-27H3. The summed E-state index contributed by atoms with van der Waals surface area (Å²) in [5.41, 5.74) is 4.26. The van der Waals surface area contributed by atoms with Gasteiger partial charge in [-0.05, 0) is 131 Å². The van der Waals surface area contributed by atoms with Crippen molar-refractivity contribution in [3.8, 4) is 17.2 Å². The van der Waals surface area contributed by atoms with Gasteiger partial charge in [0.1, 0.15) is 51.5 Å². The molecule has 0 radical (unpaired) electrons. The molecule has 0 amide bonds. The van der Waals surface area contributed by atoms with Crippen molar-refractivity contribution < 1.29 is 42.8 Å². The lowest BCUT2D eigenvalue weighted by molar-refractivity contribution is 0.0185. The molecule has 0 spiro atoms. The summed E-state index contributed by atoms with van der Waals surface area (Å²) in [6.07, 6.45) is 1.23. The van der Waals surface area contributed by atoms with Crippen LogP contribution in [0.3, 0.4) is 0 Å². The van der Waals surface area contributed by atoms with Crippen LogP contribution in [0.1, 0.15) is 254 Å². The fourth-order valence-electron chi connectivity index (χ4n) is 8.86. The van der Waals surface area contributed by atoms with E-state index in [1.54, 1.807) is 0 Å². The summed E-state index contributed by atoms with van der Waals surface area (Å²) in [6.45, 7) is 54.7. The number of aromatic nitrogens is 3. The molecule has 0 unspecified atom stereocenters. The predicted molar refractivity (Wildman–Crippen MR) is 314 cm³/mol. The number of hydrogen-bond acceptors (Lipinski definition) is 12. The zero-order valence-corrected chi connectivity index (χ0v) is 53.2. The van der Waals surface area contributed by atoms with Gasteiger partial charge in [-0.15, -0.1) is 0 Å². The van der Waals surface area contributed by atoms with Gasteiger partial charge in [-0.25, -0.2) is 29.3 Å².